The molecule has 1 aromatic carbocycles. The third kappa shape index (κ3) is 5.05. The van der Waals surface area contributed by atoms with Crippen molar-refractivity contribution in [2.24, 2.45) is 11.7 Å². The first kappa shape index (κ1) is 20.1. The summed E-state index contributed by atoms with van der Waals surface area (Å²) >= 11 is 0. The molecule has 0 bridgehead atoms. The average molecular weight is 360 g/mol. The van der Waals surface area contributed by atoms with Crippen LogP contribution in [0, 0.1) is 16.0 Å². The van der Waals surface area contributed by atoms with Crippen LogP contribution in [0.5, 0.6) is 5.75 Å². The minimum atomic E-state index is -0.591. The summed E-state index contributed by atoms with van der Waals surface area (Å²) in [4.78, 5) is 22.6. The molecule has 134 valence electrons. The summed E-state index contributed by atoms with van der Waals surface area (Å²) in [7, 11) is 1.37. The molecule has 1 aliphatic heterocycles. The largest absolute Gasteiger partial charge is 0.490 e. The highest BCUT2D eigenvalue weighted by Crippen LogP contribution is 2.27. The van der Waals surface area contributed by atoms with E-state index in [1.807, 2.05) is 0 Å². The van der Waals surface area contributed by atoms with Gasteiger partial charge < -0.3 is 20.5 Å². The van der Waals surface area contributed by atoms with Gasteiger partial charge in [-0.3, -0.25) is 14.9 Å². The van der Waals surface area contributed by atoms with E-state index in [4.69, 9.17) is 15.2 Å². The second kappa shape index (κ2) is 9.41. The maximum atomic E-state index is 12.1. The Morgan fingerprint density at radius 2 is 2.17 bits per heavy atom. The molecule has 1 saturated heterocycles. The number of nitro benzene ring substituents is 1. The summed E-state index contributed by atoms with van der Waals surface area (Å²) in [6, 6.07) is 3.98. The number of nitrogens with zero attached hydrogens (tertiary/aromatic N) is 1. The number of ether oxygens (including phenoxy) is 2. The molecule has 1 amide bonds. The highest BCUT2D eigenvalue weighted by Gasteiger charge is 2.26. The summed E-state index contributed by atoms with van der Waals surface area (Å²) in [5, 5.41) is 13.7. The summed E-state index contributed by atoms with van der Waals surface area (Å²) in [5.41, 5.74) is 6.47. The van der Waals surface area contributed by atoms with Crippen LogP contribution in [-0.2, 0) is 16.1 Å². The molecule has 1 aliphatic rings. The van der Waals surface area contributed by atoms with Gasteiger partial charge in [-0.2, -0.15) is 0 Å². The molecule has 1 aromatic rings. The van der Waals surface area contributed by atoms with E-state index in [9.17, 15) is 14.9 Å². The van der Waals surface area contributed by atoms with Gasteiger partial charge in [0.15, 0.2) is 5.75 Å². The number of carbonyl (C=O) groups excluding carboxylic acids is 1. The zero-order valence-electron chi connectivity index (χ0n) is 13.4. The maximum Gasteiger partial charge on any atom is 0.311 e. The predicted octanol–water partition coefficient (Wildman–Crippen LogP) is 1.40. The first-order chi connectivity index (χ1) is 11.0. The van der Waals surface area contributed by atoms with E-state index >= 15 is 0 Å². The number of carbonyl (C=O) groups is 1. The van der Waals surface area contributed by atoms with E-state index in [0.29, 0.717) is 18.8 Å². The molecule has 1 atom stereocenters. The topological polar surface area (TPSA) is 117 Å². The zero-order chi connectivity index (χ0) is 16.8. The molecule has 3 N–H and O–H groups in total. The lowest BCUT2D eigenvalue weighted by molar-refractivity contribution is -0.385. The summed E-state index contributed by atoms with van der Waals surface area (Å²) < 4.78 is 10.2. The fourth-order valence-electron chi connectivity index (χ4n) is 2.58. The summed E-state index contributed by atoms with van der Waals surface area (Å²) in [6.45, 7) is 1.42. The molecule has 0 aliphatic carbocycles. The minimum absolute atomic E-state index is 0. The maximum absolute atomic E-state index is 12.1. The van der Waals surface area contributed by atoms with Crippen LogP contribution in [0.4, 0.5) is 5.69 Å². The van der Waals surface area contributed by atoms with Crippen molar-refractivity contribution in [1.29, 1.82) is 0 Å². The van der Waals surface area contributed by atoms with Crippen LogP contribution in [-0.4, -0.2) is 37.2 Å². The molecule has 0 spiro atoms. The van der Waals surface area contributed by atoms with Crippen LogP contribution < -0.4 is 15.8 Å². The molecule has 2 rings (SSSR count). The Balaban J connectivity index is 0.00000288. The van der Waals surface area contributed by atoms with Gasteiger partial charge in [0, 0.05) is 25.8 Å². The van der Waals surface area contributed by atoms with Gasteiger partial charge in [0.25, 0.3) is 0 Å². The van der Waals surface area contributed by atoms with Crippen molar-refractivity contribution in [2.45, 2.75) is 25.4 Å². The Hall–Kier alpha value is -1.90. The van der Waals surface area contributed by atoms with E-state index in [1.165, 1.54) is 19.2 Å². The lowest BCUT2D eigenvalue weighted by Crippen LogP contribution is -2.46. The van der Waals surface area contributed by atoms with Gasteiger partial charge in [0.1, 0.15) is 0 Å². The van der Waals surface area contributed by atoms with E-state index < -0.39 is 11.0 Å². The predicted molar refractivity (Wildman–Crippen MR) is 90.3 cm³/mol. The number of hydrogen-bond acceptors (Lipinski definition) is 6. The molecule has 0 saturated carbocycles. The van der Waals surface area contributed by atoms with Crippen molar-refractivity contribution in [2.75, 3.05) is 20.3 Å². The number of halogens is 1. The molecule has 8 nitrogen and oxygen atoms in total. The number of rotatable bonds is 6. The number of nitrogens with one attached hydrogen (secondary N) is 1. The lowest BCUT2D eigenvalue weighted by Gasteiger charge is -2.26. The SMILES string of the molecule is COc1ccc(CNC(=O)C(N)C2CCOCC2)cc1[N+](=O)[O-].Cl. The quantitative estimate of drug-likeness (QED) is 0.585. The minimum Gasteiger partial charge on any atom is -0.490 e. The molecule has 1 fully saturated rings. The van der Waals surface area contributed by atoms with Crippen molar-refractivity contribution in [1.82, 2.24) is 5.32 Å². The van der Waals surface area contributed by atoms with Crippen molar-refractivity contribution in [3.05, 3.63) is 33.9 Å². The fourth-order valence-corrected chi connectivity index (χ4v) is 2.58. The number of nitro groups is 1. The first-order valence-corrected chi connectivity index (χ1v) is 7.45. The van der Waals surface area contributed by atoms with Crippen molar-refractivity contribution in [3.63, 3.8) is 0 Å². The molecule has 0 radical (unpaired) electrons. The van der Waals surface area contributed by atoms with Crippen LogP contribution in [0.2, 0.25) is 0 Å². The van der Waals surface area contributed by atoms with Gasteiger partial charge in [-0.25, -0.2) is 0 Å². The lowest BCUT2D eigenvalue weighted by atomic mass is 9.92. The Labute approximate surface area is 146 Å². The van der Waals surface area contributed by atoms with Gasteiger partial charge in [-0.05, 0) is 30.4 Å². The van der Waals surface area contributed by atoms with E-state index in [0.717, 1.165) is 12.8 Å². The smallest absolute Gasteiger partial charge is 0.311 e. The second-order valence-corrected chi connectivity index (χ2v) is 5.46. The van der Waals surface area contributed by atoms with Crippen LogP contribution in [0.3, 0.4) is 0 Å². The molecule has 1 unspecified atom stereocenters. The van der Waals surface area contributed by atoms with E-state index in [-0.39, 0.29) is 42.2 Å². The average Bonchev–Trinajstić information content (AvgIpc) is 2.59. The van der Waals surface area contributed by atoms with E-state index in [1.54, 1.807) is 6.07 Å². The summed E-state index contributed by atoms with van der Waals surface area (Å²) in [5.74, 6) is 0.0355. The molecular weight excluding hydrogens is 338 g/mol. The third-order valence-corrected chi connectivity index (χ3v) is 3.98. The van der Waals surface area contributed by atoms with Crippen molar-refractivity contribution < 1.29 is 19.2 Å². The number of hydrogen-bond donors (Lipinski definition) is 2. The Morgan fingerprint density at radius 3 is 2.75 bits per heavy atom. The van der Waals surface area contributed by atoms with Crippen LogP contribution in [0.15, 0.2) is 18.2 Å². The number of methoxy groups -OCH3 is 1. The van der Waals surface area contributed by atoms with Gasteiger partial charge in [-0.1, -0.05) is 6.07 Å². The standard InChI is InChI=1S/C15H21N3O5.ClH/c1-22-13-3-2-10(8-12(13)18(20)21)9-17-15(19)14(16)11-4-6-23-7-5-11;/h2-3,8,11,14H,4-7,9,16H2,1H3,(H,17,19);1H. The third-order valence-electron chi connectivity index (χ3n) is 3.98. The molecule has 1 heterocycles. The molecule has 24 heavy (non-hydrogen) atoms. The highest BCUT2D eigenvalue weighted by molar-refractivity contribution is 5.85. The molecular formula is C15H22ClN3O5. The van der Waals surface area contributed by atoms with Gasteiger partial charge in [-0.15, -0.1) is 12.4 Å². The van der Waals surface area contributed by atoms with Crippen molar-refractivity contribution >= 4 is 24.0 Å². The van der Waals surface area contributed by atoms with Gasteiger partial charge >= 0.3 is 5.69 Å². The Morgan fingerprint density at radius 1 is 1.50 bits per heavy atom. The highest BCUT2D eigenvalue weighted by atomic mass is 35.5. The van der Waals surface area contributed by atoms with Crippen LogP contribution in [0.1, 0.15) is 18.4 Å². The van der Waals surface area contributed by atoms with Crippen molar-refractivity contribution in [3.8, 4) is 5.75 Å². The Bertz CT molecular complexity index is 578. The number of nitrogens with two attached hydrogens (primary N) is 1. The van der Waals surface area contributed by atoms with Crippen LogP contribution >= 0.6 is 12.4 Å². The van der Waals surface area contributed by atoms with Crippen LogP contribution in [0.25, 0.3) is 0 Å². The number of amides is 1. The van der Waals surface area contributed by atoms with Gasteiger partial charge in [0.2, 0.25) is 5.91 Å². The Kier molecular flexibility index (Phi) is 7.90. The fraction of sp³-hybridized carbons (Fsp3) is 0.533. The molecule has 9 heteroatoms. The zero-order valence-corrected chi connectivity index (χ0v) is 14.2. The normalized spacial score (nSPS) is 15.9. The second-order valence-electron chi connectivity index (χ2n) is 5.46. The number of benzene rings is 1. The van der Waals surface area contributed by atoms with E-state index in [2.05, 4.69) is 5.32 Å². The monoisotopic (exact) mass is 359 g/mol. The summed E-state index contributed by atoms with van der Waals surface area (Å²) in [6.07, 6.45) is 1.53. The molecule has 0 aromatic heterocycles. The first-order valence-electron chi connectivity index (χ1n) is 7.45. The van der Waals surface area contributed by atoms with Gasteiger partial charge in [0.05, 0.1) is 18.1 Å².